The minimum absolute atomic E-state index is 0.166. The molecule has 38 heavy (non-hydrogen) atoms. The molecule has 0 aromatic carbocycles. The lowest BCUT2D eigenvalue weighted by Crippen LogP contribution is -2.65. The monoisotopic (exact) mass is 528 g/mol. The maximum absolute atomic E-state index is 6.69. The summed E-state index contributed by atoms with van der Waals surface area (Å²) >= 11 is 0. The van der Waals surface area contributed by atoms with E-state index in [4.69, 9.17) is 18.9 Å². The largest absolute Gasteiger partial charge is 0.347 e. The molecule has 2 aliphatic heterocycles. The fourth-order valence-corrected chi connectivity index (χ4v) is 11.3. The molecule has 0 aromatic heterocycles. The zero-order valence-electron chi connectivity index (χ0n) is 25.6. The summed E-state index contributed by atoms with van der Waals surface area (Å²) in [6.45, 7) is 20.5. The molecule has 0 radical (unpaired) electrons. The van der Waals surface area contributed by atoms with Gasteiger partial charge in [-0.1, -0.05) is 53.7 Å². The molecule has 4 saturated carbocycles. The van der Waals surface area contributed by atoms with E-state index in [1.54, 1.807) is 0 Å². The summed E-state index contributed by atoms with van der Waals surface area (Å²) in [7, 11) is 0. The van der Waals surface area contributed by atoms with Crippen molar-refractivity contribution < 1.29 is 18.9 Å². The van der Waals surface area contributed by atoms with Gasteiger partial charge in [-0.3, -0.25) is 0 Å². The molecule has 0 bridgehead atoms. The van der Waals surface area contributed by atoms with Gasteiger partial charge in [0.05, 0.1) is 25.4 Å². The summed E-state index contributed by atoms with van der Waals surface area (Å²) in [5.74, 6) is 4.52. The van der Waals surface area contributed by atoms with Crippen LogP contribution in [0.15, 0.2) is 12.2 Å². The molecule has 0 N–H and O–H groups in total. The molecule has 2 saturated heterocycles. The van der Waals surface area contributed by atoms with Gasteiger partial charge in [-0.2, -0.15) is 0 Å². The maximum Gasteiger partial charge on any atom is 0.172 e. The lowest BCUT2D eigenvalue weighted by Gasteiger charge is -2.65. The van der Waals surface area contributed by atoms with Gasteiger partial charge in [0.15, 0.2) is 11.6 Å². The first-order valence-corrected chi connectivity index (χ1v) is 16.2. The zero-order chi connectivity index (χ0) is 27.1. The van der Waals surface area contributed by atoms with Gasteiger partial charge in [0.1, 0.15) is 0 Å². The lowest BCUT2D eigenvalue weighted by molar-refractivity contribution is -0.300. The summed E-state index contributed by atoms with van der Waals surface area (Å²) in [6, 6.07) is 0. The molecule has 0 amide bonds. The van der Waals surface area contributed by atoms with Crippen LogP contribution in [0.1, 0.15) is 107 Å². The molecule has 0 aromatic rings. The highest BCUT2D eigenvalue weighted by Gasteiger charge is 2.70. The van der Waals surface area contributed by atoms with Crippen LogP contribution in [0, 0.1) is 58.2 Å². The van der Waals surface area contributed by atoms with E-state index in [1.165, 1.54) is 32.1 Å². The lowest BCUT2D eigenvalue weighted by atomic mass is 9.42. The summed E-state index contributed by atoms with van der Waals surface area (Å²) in [4.78, 5) is 0. The summed E-state index contributed by atoms with van der Waals surface area (Å²) < 4.78 is 26.3. The Morgan fingerprint density at radius 3 is 2.18 bits per heavy atom. The van der Waals surface area contributed by atoms with E-state index < -0.39 is 11.6 Å². The molecule has 1 unspecified atom stereocenters. The molecule has 4 heteroatoms. The summed E-state index contributed by atoms with van der Waals surface area (Å²) in [5, 5.41) is 0. The second-order valence-corrected chi connectivity index (χ2v) is 15.6. The molecular weight excluding hydrogens is 472 g/mol. The minimum atomic E-state index is -0.483. The molecule has 6 aliphatic rings. The Morgan fingerprint density at radius 1 is 0.816 bits per heavy atom. The average molecular weight is 529 g/mol. The first-order chi connectivity index (χ1) is 17.9. The van der Waals surface area contributed by atoms with Crippen LogP contribution < -0.4 is 0 Å². The summed E-state index contributed by atoms with van der Waals surface area (Å²) in [6.07, 6.45) is 15.4. The predicted molar refractivity (Wildman–Crippen MR) is 151 cm³/mol. The van der Waals surface area contributed by atoms with Gasteiger partial charge in [-0.05, 0) is 111 Å². The number of ether oxygens (including phenoxy) is 4. The number of hydrogen-bond acceptors (Lipinski definition) is 4. The van der Waals surface area contributed by atoms with E-state index in [9.17, 15) is 0 Å². The van der Waals surface area contributed by atoms with Gasteiger partial charge < -0.3 is 18.9 Å². The van der Waals surface area contributed by atoms with Gasteiger partial charge in [-0.25, -0.2) is 0 Å². The van der Waals surface area contributed by atoms with E-state index >= 15 is 0 Å². The Kier molecular flexibility index (Phi) is 6.98. The average Bonchev–Trinajstić information content (AvgIpc) is 3.52. The Bertz CT molecular complexity index is 904. The third-order valence-electron chi connectivity index (χ3n) is 13.0. The van der Waals surface area contributed by atoms with Gasteiger partial charge >= 0.3 is 0 Å². The Hall–Kier alpha value is -0.420. The van der Waals surface area contributed by atoms with Gasteiger partial charge in [0, 0.05) is 12.3 Å². The molecule has 1 spiro atoms. The normalized spacial score (nSPS) is 48.6. The Balaban J connectivity index is 1.28. The van der Waals surface area contributed by atoms with Crippen LogP contribution in [0.5, 0.6) is 0 Å². The van der Waals surface area contributed by atoms with Gasteiger partial charge in [0.25, 0.3) is 0 Å². The van der Waals surface area contributed by atoms with Crippen molar-refractivity contribution in [3.8, 4) is 0 Å². The number of rotatable bonds is 5. The standard InChI is InChI=1S/C34H56O4/c1-9-23(21(2)3)11-10-22(4)25-12-13-26-24-19-34(35-16-17-36-34)30-18-28-29(38-31(5,6)37-28)20-33(30,8)27(24)14-15-32(25,26)7/h10-11,21-30H,9,12-20H2,1-8H3/b11-10+/t22-,23+,24+,25-,26+,27+,28+,29-,30?,32-,33-/m1/s1. The van der Waals surface area contributed by atoms with Crippen molar-refractivity contribution in [1.82, 2.24) is 0 Å². The van der Waals surface area contributed by atoms with Crippen molar-refractivity contribution >= 4 is 0 Å². The second kappa shape index (κ2) is 9.57. The zero-order valence-corrected chi connectivity index (χ0v) is 25.6. The highest BCUT2D eigenvalue weighted by Crippen LogP contribution is 2.71. The van der Waals surface area contributed by atoms with E-state index in [0.29, 0.717) is 29.1 Å². The third-order valence-corrected chi connectivity index (χ3v) is 13.0. The fraction of sp³-hybridized carbons (Fsp3) is 0.941. The number of hydrogen-bond donors (Lipinski definition) is 0. The van der Waals surface area contributed by atoms with Crippen LogP contribution in [0.2, 0.25) is 0 Å². The molecule has 216 valence electrons. The van der Waals surface area contributed by atoms with Crippen molar-refractivity contribution in [3.63, 3.8) is 0 Å². The first-order valence-electron chi connectivity index (χ1n) is 16.2. The highest BCUT2D eigenvalue weighted by molar-refractivity contribution is 5.16. The molecule has 6 fully saturated rings. The van der Waals surface area contributed by atoms with Crippen molar-refractivity contribution in [2.75, 3.05) is 13.2 Å². The van der Waals surface area contributed by atoms with Crippen LogP contribution in [0.3, 0.4) is 0 Å². The van der Waals surface area contributed by atoms with Crippen LogP contribution in [0.25, 0.3) is 0 Å². The van der Waals surface area contributed by atoms with Crippen LogP contribution in [-0.2, 0) is 18.9 Å². The quantitative estimate of drug-likeness (QED) is 0.339. The smallest absolute Gasteiger partial charge is 0.172 e. The van der Waals surface area contributed by atoms with Crippen molar-refractivity contribution in [3.05, 3.63) is 12.2 Å². The second-order valence-electron chi connectivity index (χ2n) is 15.6. The van der Waals surface area contributed by atoms with E-state index in [-0.39, 0.29) is 17.6 Å². The van der Waals surface area contributed by atoms with Crippen molar-refractivity contribution in [2.24, 2.45) is 58.2 Å². The minimum Gasteiger partial charge on any atom is -0.347 e. The topological polar surface area (TPSA) is 36.9 Å². The molecule has 2 heterocycles. The Labute approximate surface area is 233 Å². The molecular formula is C34H56O4. The van der Waals surface area contributed by atoms with Crippen LogP contribution >= 0.6 is 0 Å². The van der Waals surface area contributed by atoms with Crippen LogP contribution in [-0.4, -0.2) is 37.0 Å². The van der Waals surface area contributed by atoms with E-state index in [1.807, 2.05) is 0 Å². The van der Waals surface area contributed by atoms with Crippen LogP contribution in [0.4, 0.5) is 0 Å². The molecule has 4 nitrogen and oxygen atoms in total. The van der Waals surface area contributed by atoms with E-state index in [2.05, 4.69) is 67.5 Å². The molecule has 6 rings (SSSR count). The highest BCUT2D eigenvalue weighted by atomic mass is 16.8. The maximum atomic E-state index is 6.69. The number of fused-ring (bicyclic) bond motifs is 7. The van der Waals surface area contributed by atoms with Gasteiger partial charge in [-0.15, -0.1) is 0 Å². The summed E-state index contributed by atoms with van der Waals surface area (Å²) in [5.41, 5.74) is 0.592. The van der Waals surface area contributed by atoms with Crippen molar-refractivity contribution in [2.45, 2.75) is 131 Å². The van der Waals surface area contributed by atoms with Gasteiger partial charge in [0.2, 0.25) is 0 Å². The van der Waals surface area contributed by atoms with Crippen molar-refractivity contribution in [1.29, 1.82) is 0 Å². The molecule has 11 atom stereocenters. The predicted octanol–water partition coefficient (Wildman–Crippen LogP) is 8.00. The Morgan fingerprint density at radius 2 is 1.50 bits per heavy atom. The number of allylic oxidation sites excluding steroid dienone is 2. The third kappa shape index (κ3) is 4.21. The van der Waals surface area contributed by atoms with E-state index in [0.717, 1.165) is 56.1 Å². The molecule has 4 aliphatic carbocycles. The SMILES string of the molecule is CC[C@@H](/C=C/[C@@H](C)[C@H]1CC[C@H]2[C@@H]3CC4(OCCO4)C4C[C@@H]5OC(C)(C)O[C@@H]5C[C@]4(C)[C@H]3CC[C@]12C)C(C)C. The fourth-order valence-electron chi connectivity index (χ4n) is 11.3. The first kappa shape index (κ1) is 27.7.